The van der Waals surface area contributed by atoms with E-state index in [4.69, 9.17) is 5.73 Å². The highest BCUT2D eigenvalue weighted by molar-refractivity contribution is 6.02. The fraction of sp³-hybridized carbons (Fsp3) is 0.368. The van der Waals surface area contributed by atoms with Crippen LogP contribution in [0.4, 0.5) is 17.3 Å². The first-order valence-electron chi connectivity index (χ1n) is 8.79. The molecule has 7 nitrogen and oxygen atoms in total. The first kappa shape index (κ1) is 16.3. The van der Waals surface area contributed by atoms with Crippen molar-refractivity contribution in [1.82, 2.24) is 15.3 Å². The largest absolute Gasteiger partial charge is 0.382 e. The first-order chi connectivity index (χ1) is 12.5. The number of nitriles is 1. The number of nitrogens with zero attached hydrogens (tertiary/aromatic N) is 3. The van der Waals surface area contributed by atoms with Gasteiger partial charge in [-0.1, -0.05) is 19.3 Å². The second kappa shape index (κ2) is 5.99. The summed E-state index contributed by atoms with van der Waals surface area (Å²) in [5.74, 6) is 0.521. The second-order valence-corrected chi connectivity index (χ2v) is 7.03. The van der Waals surface area contributed by atoms with E-state index in [1.54, 1.807) is 0 Å². The van der Waals surface area contributed by atoms with Crippen molar-refractivity contribution in [1.29, 1.82) is 5.26 Å². The van der Waals surface area contributed by atoms with Crippen LogP contribution in [-0.4, -0.2) is 15.9 Å². The van der Waals surface area contributed by atoms with Crippen LogP contribution in [0.15, 0.2) is 18.5 Å². The maximum atomic E-state index is 12.6. The normalized spacial score (nSPS) is 17.5. The van der Waals surface area contributed by atoms with Gasteiger partial charge in [-0.3, -0.25) is 4.79 Å². The summed E-state index contributed by atoms with van der Waals surface area (Å²) in [5, 5.41) is 15.7. The van der Waals surface area contributed by atoms with E-state index in [1.165, 1.54) is 12.7 Å². The van der Waals surface area contributed by atoms with Crippen molar-refractivity contribution in [2.75, 3.05) is 11.1 Å². The predicted molar refractivity (Wildman–Crippen MR) is 97.9 cm³/mol. The number of anilines is 3. The van der Waals surface area contributed by atoms with E-state index in [0.29, 0.717) is 5.82 Å². The molecule has 0 bridgehead atoms. The average molecular weight is 348 g/mol. The minimum absolute atomic E-state index is 0.00921. The Morgan fingerprint density at radius 2 is 2.04 bits per heavy atom. The summed E-state index contributed by atoms with van der Waals surface area (Å²) in [6.45, 7) is 1.94. The number of carbonyl (C=O) groups excluding carboxylic acids is 1. The van der Waals surface area contributed by atoms with Crippen LogP contribution in [0.2, 0.25) is 0 Å². The van der Waals surface area contributed by atoms with Gasteiger partial charge in [0.2, 0.25) is 0 Å². The average Bonchev–Trinajstić information content (AvgIpc) is 2.88. The van der Waals surface area contributed by atoms with E-state index in [2.05, 4.69) is 20.6 Å². The molecule has 1 amide bonds. The Morgan fingerprint density at radius 3 is 2.77 bits per heavy atom. The van der Waals surface area contributed by atoms with Crippen molar-refractivity contribution in [3.8, 4) is 6.07 Å². The number of nitrogen functional groups attached to an aromatic ring is 1. The molecule has 1 aromatic heterocycles. The van der Waals surface area contributed by atoms with Gasteiger partial charge in [0, 0.05) is 11.3 Å². The number of benzene rings is 1. The molecular weight excluding hydrogens is 328 g/mol. The minimum atomic E-state index is -0.268. The Bertz CT molecular complexity index is 940. The Morgan fingerprint density at radius 1 is 1.27 bits per heavy atom. The third-order valence-corrected chi connectivity index (χ3v) is 5.39. The number of nitrogens with one attached hydrogen (secondary N) is 2. The molecule has 0 atom stereocenters. The van der Waals surface area contributed by atoms with E-state index in [0.717, 1.165) is 48.1 Å². The van der Waals surface area contributed by atoms with Crippen LogP contribution >= 0.6 is 0 Å². The number of hydrogen-bond acceptors (Lipinski definition) is 6. The van der Waals surface area contributed by atoms with Gasteiger partial charge < -0.3 is 16.4 Å². The first-order valence-corrected chi connectivity index (χ1v) is 8.79. The molecule has 1 saturated carbocycles. The molecule has 1 spiro atoms. The molecular formula is C19H20N6O. The molecule has 2 heterocycles. The molecule has 0 saturated heterocycles. The number of amides is 1. The molecule has 7 heteroatoms. The van der Waals surface area contributed by atoms with Crippen LogP contribution in [0.3, 0.4) is 0 Å². The van der Waals surface area contributed by atoms with Crippen molar-refractivity contribution in [3.05, 3.63) is 40.7 Å². The number of aromatic nitrogens is 2. The van der Waals surface area contributed by atoms with Crippen LogP contribution in [-0.2, 0) is 5.54 Å². The molecule has 1 aliphatic carbocycles. The highest BCUT2D eigenvalue weighted by Crippen LogP contribution is 2.44. The zero-order chi connectivity index (χ0) is 18.3. The zero-order valence-electron chi connectivity index (χ0n) is 14.6. The number of aryl methyl sites for hydroxylation is 1. The molecule has 1 fully saturated rings. The lowest BCUT2D eigenvalue weighted by molar-refractivity contribution is 0.0909. The molecule has 0 radical (unpaired) electrons. The van der Waals surface area contributed by atoms with Crippen LogP contribution in [0.5, 0.6) is 0 Å². The van der Waals surface area contributed by atoms with Gasteiger partial charge in [-0.25, -0.2) is 9.97 Å². The van der Waals surface area contributed by atoms with Gasteiger partial charge in [-0.05, 0) is 43.0 Å². The Kier molecular flexibility index (Phi) is 3.76. The van der Waals surface area contributed by atoms with Gasteiger partial charge in [-0.15, -0.1) is 0 Å². The van der Waals surface area contributed by atoms with Crippen molar-refractivity contribution in [2.45, 2.75) is 44.6 Å². The Labute approximate surface area is 151 Å². The standard InChI is InChI=1S/C19H20N6O/c1-11-7-12(24-17-13(9-20)16(21)22-10-23-17)8-14-15(11)18(26)25-19(14)5-3-2-4-6-19/h7-8,10H,2-6H2,1H3,(H,25,26)(H3,21,22,23,24). The quantitative estimate of drug-likeness (QED) is 0.768. The van der Waals surface area contributed by atoms with Crippen molar-refractivity contribution < 1.29 is 4.79 Å². The third-order valence-electron chi connectivity index (χ3n) is 5.39. The zero-order valence-corrected chi connectivity index (χ0v) is 14.6. The second-order valence-electron chi connectivity index (χ2n) is 7.03. The fourth-order valence-corrected chi connectivity index (χ4v) is 4.18. The lowest BCUT2D eigenvalue weighted by atomic mass is 9.77. The molecule has 4 rings (SSSR count). The number of hydrogen-bond donors (Lipinski definition) is 3. The highest BCUT2D eigenvalue weighted by Gasteiger charge is 2.44. The molecule has 2 aromatic rings. The van der Waals surface area contributed by atoms with Crippen LogP contribution < -0.4 is 16.4 Å². The van der Waals surface area contributed by atoms with Gasteiger partial charge in [0.15, 0.2) is 5.82 Å². The van der Waals surface area contributed by atoms with Crippen LogP contribution in [0.1, 0.15) is 59.2 Å². The Hall–Kier alpha value is -3.14. The molecule has 2 aliphatic rings. The van der Waals surface area contributed by atoms with Crippen molar-refractivity contribution in [3.63, 3.8) is 0 Å². The molecule has 26 heavy (non-hydrogen) atoms. The minimum Gasteiger partial charge on any atom is -0.382 e. The maximum Gasteiger partial charge on any atom is 0.252 e. The number of carbonyl (C=O) groups is 1. The summed E-state index contributed by atoms with van der Waals surface area (Å²) in [6, 6.07) is 5.94. The van der Waals surface area contributed by atoms with Gasteiger partial charge in [0.1, 0.15) is 23.8 Å². The van der Waals surface area contributed by atoms with Gasteiger partial charge in [-0.2, -0.15) is 5.26 Å². The number of nitrogens with two attached hydrogens (primary N) is 1. The molecule has 4 N–H and O–H groups in total. The summed E-state index contributed by atoms with van der Waals surface area (Å²) >= 11 is 0. The predicted octanol–water partition coefficient (Wildman–Crippen LogP) is 2.89. The monoisotopic (exact) mass is 348 g/mol. The van der Waals surface area contributed by atoms with Gasteiger partial charge in [0.25, 0.3) is 5.91 Å². The maximum absolute atomic E-state index is 12.6. The topological polar surface area (TPSA) is 117 Å². The van der Waals surface area contributed by atoms with Gasteiger partial charge >= 0.3 is 0 Å². The fourth-order valence-electron chi connectivity index (χ4n) is 4.18. The number of rotatable bonds is 2. The molecule has 132 valence electrons. The summed E-state index contributed by atoms with van der Waals surface area (Å²) < 4.78 is 0. The smallest absolute Gasteiger partial charge is 0.252 e. The van der Waals surface area contributed by atoms with Crippen LogP contribution in [0, 0.1) is 18.3 Å². The van der Waals surface area contributed by atoms with E-state index < -0.39 is 0 Å². The van der Waals surface area contributed by atoms with E-state index in [-0.39, 0.29) is 22.8 Å². The molecule has 1 aliphatic heterocycles. The lowest BCUT2D eigenvalue weighted by Crippen LogP contribution is -2.40. The summed E-state index contributed by atoms with van der Waals surface area (Å²) in [4.78, 5) is 20.6. The van der Waals surface area contributed by atoms with E-state index in [9.17, 15) is 10.1 Å². The summed E-state index contributed by atoms with van der Waals surface area (Å²) in [5.41, 5.74) is 9.24. The SMILES string of the molecule is Cc1cc(Nc2ncnc(N)c2C#N)cc2c1C(=O)NC21CCCCC1. The molecule has 1 aromatic carbocycles. The van der Waals surface area contributed by atoms with Crippen molar-refractivity contribution >= 4 is 23.2 Å². The third kappa shape index (κ3) is 2.46. The molecule has 0 unspecified atom stereocenters. The summed E-state index contributed by atoms with van der Waals surface area (Å²) in [6.07, 6.45) is 6.66. The lowest BCUT2D eigenvalue weighted by Gasteiger charge is -2.34. The number of fused-ring (bicyclic) bond motifs is 2. The van der Waals surface area contributed by atoms with Crippen LogP contribution in [0.25, 0.3) is 0 Å². The summed E-state index contributed by atoms with van der Waals surface area (Å²) in [7, 11) is 0. The highest BCUT2D eigenvalue weighted by atomic mass is 16.2. The van der Waals surface area contributed by atoms with E-state index in [1.807, 2.05) is 25.1 Å². The van der Waals surface area contributed by atoms with Crippen molar-refractivity contribution in [2.24, 2.45) is 0 Å². The van der Waals surface area contributed by atoms with Gasteiger partial charge in [0.05, 0.1) is 5.54 Å². The Balaban J connectivity index is 1.78. The van der Waals surface area contributed by atoms with E-state index >= 15 is 0 Å².